The van der Waals surface area contributed by atoms with Crippen LogP contribution in [0.1, 0.15) is 33.9 Å². The van der Waals surface area contributed by atoms with Crippen molar-refractivity contribution in [3.8, 4) is 16.9 Å². The molecule has 1 aromatic heterocycles. The molecule has 9 heteroatoms. The molecule has 3 aromatic rings. The zero-order valence-electron chi connectivity index (χ0n) is 17.1. The maximum absolute atomic E-state index is 15.4. The molecule has 2 aliphatic rings. The second-order valence-electron chi connectivity index (χ2n) is 8.27. The van der Waals surface area contributed by atoms with Crippen LogP contribution in [0.2, 0.25) is 0 Å². The molecular formula is C23H19F3N2O4. The third-order valence-corrected chi connectivity index (χ3v) is 6.07. The van der Waals surface area contributed by atoms with Crippen molar-refractivity contribution in [2.24, 2.45) is 0 Å². The van der Waals surface area contributed by atoms with Gasteiger partial charge in [-0.25, -0.2) is 18.0 Å². The average molecular weight is 444 g/mol. The highest BCUT2D eigenvalue weighted by Gasteiger charge is 2.41. The van der Waals surface area contributed by atoms with E-state index >= 15 is 4.39 Å². The number of fused-ring (bicyclic) bond motifs is 2. The summed E-state index contributed by atoms with van der Waals surface area (Å²) in [6.45, 7) is 0.106. The van der Waals surface area contributed by atoms with E-state index in [9.17, 15) is 23.5 Å². The molecule has 0 amide bonds. The van der Waals surface area contributed by atoms with Gasteiger partial charge in [-0.05, 0) is 35.9 Å². The number of hydrogen-bond donors (Lipinski definition) is 1. The summed E-state index contributed by atoms with van der Waals surface area (Å²) in [7, 11) is 1.95. The number of rotatable bonds is 5. The standard InChI is InChI=1S/C23H19F3N2O4/c1-27-7-12-3-2-11(4-13(12)8-27)19-17(26)5-14-20(22(19)32-10-24)28(18-6-16(18)25)9-15(21(14)29)23(30)31/h2-5,9,16,18H,6-8,10H2,1H3,(H,30,31). The molecule has 1 aliphatic heterocycles. The van der Waals surface area contributed by atoms with E-state index in [0.717, 1.165) is 29.9 Å². The van der Waals surface area contributed by atoms with E-state index in [0.29, 0.717) is 12.1 Å². The molecule has 1 N–H and O–H groups in total. The molecule has 0 spiro atoms. The van der Waals surface area contributed by atoms with E-state index in [-0.39, 0.29) is 28.6 Å². The van der Waals surface area contributed by atoms with Gasteiger partial charge in [-0.2, -0.15) is 0 Å². The first-order chi connectivity index (χ1) is 15.3. The minimum absolute atomic E-state index is 0.0168. The first-order valence-electron chi connectivity index (χ1n) is 10.1. The molecule has 6 nitrogen and oxygen atoms in total. The van der Waals surface area contributed by atoms with E-state index < -0.39 is 41.9 Å². The molecule has 2 aromatic carbocycles. The monoisotopic (exact) mass is 444 g/mol. The maximum atomic E-state index is 15.4. The molecule has 2 unspecified atom stereocenters. The number of benzene rings is 2. The molecular weight excluding hydrogens is 425 g/mol. The van der Waals surface area contributed by atoms with E-state index in [1.54, 1.807) is 12.1 Å². The third kappa shape index (κ3) is 3.15. The predicted octanol–water partition coefficient (Wildman–Crippen LogP) is 4.04. The highest BCUT2D eigenvalue weighted by molar-refractivity contribution is 5.98. The fraction of sp³-hybridized carbons (Fsp3) is 0.304. The van der Waals surface area contributed by atoms with Gasteiger partial charge in [0, 0.05) is 25.7 Å². The first kappa shape index (κ1) is 20.6. The number of pyridine rings is 1. The number of nitrogens with zero attached hydrogens (tertiary/aromatic N) is 2. The van der Waals surface area contributed by atoms with Crippen molar-refractivity contribution >= 4 is 16.9 Å². The Morgan fingerprint density at radius 2 is 1.97 bits per heavy atom. The number of carboxylic acids is 1. The van der Waals surface area contributed by atoms with Crippen LogP contribution in [0.25, 0.3) is 22.0 Å². The highest BCUT2D eigenvalue weighted by Crippen LogP contribution is 2.45. The molecule has 0 radical (unpaired) electrons. The summed E-state index contributed by atoms with van der Waals surface area (Å²) < 4.78 is 49.2. The number of carbonyl (C=O) groups is 1. The molecule has 0 bridgehead atoms. The second-order valence-corrected chi connectivity index (χ2v) is 8.27. The smallest absolute Gasteiger partial charge is 0.341 e. The third-order valence-electron chi connectivity index (χ3n) is 6.07. The van der Waals surface area contributed by atoms with E-state index in [4.69, 9.17) is 4.74 Å². The fourth-order valence-electron chi connectivity index (χ4n) is 4.49. The van der Waals surface area contributed by atoms with Crippen molar-refractivity contribution in [3.05, 3.63) is 63.2 Å². The number of alkyl halides is 2. The van der Waals surface area contributed by atoms with Gasteiger partial charge in [-0.1, -0.05) is 12.1 Å². The summed E-state index contributed by atoms with van der Waals surface area (Å²) in [5.74, 6) is -2.62. The minimum Gasteiger partial charge on any atom is -0.477 e. The Hall–Kier alpha value is -3.33. The molecule has 1 aliphatic carbocycles. The van der Waals surface area contributed by atoms with Crippen LogP contribution in [0.15, 0.2) is 35.3 Å². The van der Waals surface area contributed by atoms with Crippen LogP contribution in [0, 0.1) is 5.82 Å². The summed E-state index contributed by atoms with van der Waals surface area (Å²) >= 11 is 0. The lowest BCUT2D eigenvalue weighted by Crippen LogP contribution is -2.20. The Labute approximate surface area is 180 Å². The summed E-state index contributed by atoms with van der Waals surface area (Å²) in [5.41, 5.74) is 0.875. The SMILES string of the molecule is CN1Cc2ccc(-c3c(F)cc4c(=O)c(C(=O)O)cn(C5CC5F)c4c3OCF)cc2C1. The second kappa shape index (κ2) is 7.37. The van der Waals surface area contributed by atoms with Gasteiger partial charge in [0.1, 0.15) is 17.6 Å². The maximum Gasteiger partial charge on any atom is 0.341 e. The van der Waals surface area contributed by atoms with Crippen molar-refractivity contribution in [3.63, 3.8) is 0 Å². The lowest BCUT2D eigenvalue weighted by Gasteiger charge is -2.19. The lowest BCUT2D eigenvalue weighted by atomic mass is 9.97. The van der Waals surface area contributed by atoms with Crippen LogP contribution >= 0.6 is 0 Å². The van der Waals surface area contributed by atoms with Crippen LogP contribution in [0.5, 0.6) is 5.75 Å². The first-order valence-corrected chi connectivity index (χ1v) is 10.1. The summed E-state index contributed by atoms with van der Waals surface area (Å²) in [6.07, 6.45) is -0.129. The number of hydrogen-bond acceptors (Lipinski definition) is 4. The lowest BCUT2D eigenvalue weighted by molar-refractivity contribution is 0.0694. The van der Waals surface area contributed by atoms with Crippen LogP contribution in [-0.4, -0.2) is 40.6 Å². The number of carboxylic acid groups (broad SMARTS) is 1. The molecule has 2 heterocycles. The van der Waals surface area contributed by atoms with Crippen LogP contribution in [-0.2, 0) is 13.1 Å². The van der Waals surface area contributed by atoms with Crippen LogP contribution in [0.3, 0.4) is 0 Å². The zero-order valence-corrected chi connectivity index (χ0v) is 17.1. The van der Waals surface area contributed by atoms with Gasteiger partial charge in [0.05, 0.1) is 22.5 Å². The molecule has 0 saturated heterocycles. The summed E-state index contributed by atoms with van der Waals surface area (Å²) in [4.78, 5) is 26.4. The number of aromatic carboxylic acids is 1. The van der Waals surface area contributed by atoms with Crippen LogP contribution in [0.4, 0.5) is 13.2 Å². The fourth-order valence-corrected chi connectivity index (χ4v) is 4.49. The van der Waals surface area contributed by atoms with Gasteiger partial charge in [-0.3, -0.25) is 9.69 Å². The van der Waals surface area contributed by atoms with Gasteiger partial charge >= 0.3 is 5.97 Å². The zero-order chi connectivity index (χ0) is 22.7. The van der Waals surface area contributed by atoms with Gasteiger partial charge in [-0.15, -0.1) is 0 Å². The number of halogens is 3. The van der Waals surface area contributed by atoms with Gasteiger partial charge < -0.3 is 14.4 Å². The Morgan fingerprint density at radius 3 is 2.62 bits per heavy atom. The molecule has 1 fully saturated rings. The number of ether oxygens (including phenoxy) is 1. The van der Waals surface area contributed by atoms with Gasteiger partial charge in [0.25, 0.3) is 0 Å². The molecule has 32 heavy (non-hydrogen) atoms. The minimum atomic E-state index is -1.51. The Kier molecular flexibility index (Phi) is 4.74. The average Bonchev–Trinajstić information content (AvgIpc) is 3.34. The van der Waals surface area contributed by atoms with Crippen molar-refractivity contribution < 1.29 is 27.8 Å². The van der Waals surface area contributed by atoms with Crippen molar-refractivity contribution in [1.29, 1.82) is 0 Å². The van der Waals surface area contributed by atoms with Gasteiger partial charge in [0.15, 0.2) is 5.75 Å². The Bertz CT molecular complexity index is 1340. The van der Waals surface area contributed by atoms with E-state index in [1.165, 1.54) is 4.57 Å². The Balaban J connectivity index is 1.84. The number of aromatic nitrogens is 1. The molecule has 5 rings (SSSR count). The summed E-state index contributed by atoms with van der Waals surface area (Å²) in [6, 6.07) is 5.52. The van der Waals surface area contributed by atoms with Crippen LogP contribution < -0.4 is 10.2 Å². The van der Waals surface area contributed by atoms with E-state index in [2.05, 4.69) is 4.90 Å². The Morgan fingerprint density at radius 1 is 1.25 bits per heavy atom. The van der Waals surface area contributed by atoms with Gasteiger partial charge in [0.2, 0.25) is 12.3 Å². The van der Waals surface area contributed by atoms with Crippen molar-refractivity contribution in [2.75, 3.05) is 13.9 Å². The molecule has 166 valence electrons. The summed E-state index contributed by atoms with van der Waals surface area (Å²) in [5, 5.41) is 9.11. The topological polar surface area (TPSA) is 71.8 Å². The predicted molar refractivity (Wildman–Crippen MR) is 111 cm³/mol. The quantitative estimate of drug-likeness (QED) is 0.643. The van der Waals surface area contributed by atoms with E-state index in [1.807, 2.05) is 13.1 Å². The van der Waals surface area contributed by atoms with Crippen molar-refractivity contribution in [1.82, 2.24) is 9.47 Å². The van der Waals surface area contributed by atoms with Crippen molar-refractivity contribution in [2.45, 2.75) is 31.7 Å². The molecule has 2 atom stereocenters. The largest absolute Gasteiger partial charge is 0.477 e. The molecule has 1 saturated carbocycles. The highest BCUT2D eigenvalue weighted by atomic mass is 19.1. The normalized spacial score (nSPS) is 19.9.